The number of nitrogens with one attached hydrogen (secondary N) is 1. The van der Waals surface area contributed by atoms with E-state index in [1.165, 1.54) is 33.8 Å². The van der Waals surface area contributed by atoms with E-state index in [9.17, 15) is 9.59 Å². The number of ether oxygens (including phenoxy) is 1. The van der Waals surface area contributed by atoms with Gasteiger partial charge >= 0.3 is 5.97 Å². The molecular formula is C27H25N3O3S2. The lowest BCUT2D eigenvalue weighted by molar-refractivity contribution is 0.0529. The number of pyridine rings is 1. The molecule has 4 aromatic rings. The van der Waals surface area contributed by atoms with E-state index in [4.69, 9.17) is 15.5 Å². The van der Waals surface area contributed by atoms with Crippen LogP contribution in [-0.2, 0) is 30.4 Å². The molecule has 3 N–H and O–H groups in total. The molecule has 0 saturated heterocycles. The van der Waals surface area contributed by atoms with Crippen LogP contribution in [0.3, 0.4) is 0 Å². The molecule has 35 heavy (non-hydrogen) atoms. The van der Waals surface area contributed by atoms with Crippen molar-refractivity contribution in [3.05, 3.63) is 62.5 Å². The molecule has 0 saturated carbocycles. The Bertz CT molecular complexity index is 1500. The van der Waals surface area contributed by atoms with Gasteiger partial charge in [0.1, 0.15) is 20.3 Å². The summed E-state index contributed by atoms with van der Waals surface area (Å²) in [6, 6.07) is 10.2. The SMILES string of the molecule is CCOC(=O)c1c(NC(=O)c2sc3nc4c(cc3c2N)CCCC4)sc2c1-c1ccccc1CC2. The molecule has 8 heteroatoms. The minimum absolute atomic E-state index is 0.262. The van der Waals surface area contributed by atoms with E-state index in [0.29, 0.717) is 21.1 Å². The summed E-state index contributed by atoms with van der Waals surface area (Å²) in [5.74, 6) is -0.739. The molecule has 178 valence electrons. The lowest BCUT2D eigenvalue weighted by Gasteiger charge is -2.17. The van der Waals surface area contributed by atoms with Crippen LogP contribution in [0.2, 0.25) is 0 Å². The molecule has 1 amide bonds. The highest BCUT2D eigenvalue weighted by Gasteiger charge is 2.31. The highest BCUT2D eigenvalue weighted by molar-refractivity contribution is 7.21. The van der Waals surface area contributed by atoms with Gasteiger partial charge in [0.2, 0.25) is 0 Å². The predicted octanol–water partition coefficient (Wildman–Crippen LogP) is 6.01. The zero-order chi connectivity index (χ0) is 24.1. The maximum Gasteiger partial charge on any atom is 0.341 e. The van der Waals surface area contributed by atoms with Gasteiger partial charge in [-0.3, -0.25) is 4.79 Å². The maximum atomic E-state index is 13.5. The van der Waals surface area contributed by atoms with Crippen LogP contribution in [0.25, 0.3) is 21.3 Å². The molecule has 0 radical (unpaired) electrons. The average molecular weight is 504 g/mol. The van der Waals surface area contributed by atoms with Crippen molar-refractivity contribution in [1.82, 2.24) is 4.98 Å². The molecule has 3 aromatic heterocycles. The number of nitrogens with two attached hydrogens (primary N) is 1. The lowest BCUT2D eigenvalue weighted by atomic mass is 9.88. The molecule has 0 aliphatic heterocycles. The van der Waals surface area contributed by atoms with Gasteiger partial charge in [-0.15, -0.1) is 22.7 Å². The second-order valence-electron chi connectivity index (χ2n) is 8.93. The Hall–Kier alpha value is -3.23. The Balaban J connectivity index is 1.41. The monoisotopic (exact) mass is 503 g/mol. The first-order valence-electron chi connectivity index (χ1n) is 12.0. The maximum absolute atomic E-state index is 13.5. The fraction of sp³-hybridized carbons (Fsp3) is 0.296. The van der Waals surface area contributed by atoms with Crippen molar-refractivity contribution in [1.29, 1.82) is 0 Å². The van der Waals surface area contributed by atoms with Crippen LogP contribution in [-0.4, -0.2) is 23.5 Å². The summed E-state index contributed by atoms with van der Waals surface area (Å²) in [5.41, 5.74) is 12.8. The number of hydrogen-bond donors (Lipinski definition) is 2. The van der Waals surface area contributed by atoms with Crippen molar-refractivity contribution >= 4 is 55.5 Å². The zero-order valence-electron chi connectivity index (χ0n) is 19.4. The van der Waals surface area contributed by atoms with E-state index in [2.05, 4.69) is 17.4 Å². The standard InChI is InChI=1S/C27H25N3O3S2/c1-2-33-27(32)21-20-16-9-5-3-7-14(16)11-12-19(20)34-26(21)30-24(31)23-22(28)17-13-15-8-4-6-10-18(15)29-25(17)35-23/h3,5,7,9,13H,2,4,6,8,10-12,28H2,1H3,(H,30,31). The molecular weight excluding hydrogens is 478 g/mol. The number of aryl methyl sites for hydroxylation is 4. The van der Waals surface area contributed by atoms with Crippen molar-refractivity contribution in [2.45, 2.75) is 45.4 Å². The van der Waals surface area contributed by atoms with Crippen molar-refractivity contribution < 1.29 is 14.3 Å². The van der Waals surface area contributed by atoms with Crippen molar-refractivity contribution in [2.24, 2.45) is 0 Å². The molecule has 0 atom stereocenters. The van der Waals surface area contributed by atoms with Crippen LogP contribution < -0.4 is 11.1 Å². The number of fused-ring (bicyclic) bond motifs is 5. The van der Waals surface area contributed by atoms with Gasteiger partial charge in [-0.1, -0.05) is 24.3 Å². The van der Waals surface area contributed by atoms with E-state index < -0.39 is 5.97 Å². The van der Waals surface area contributed by atoms with E-state index in [1.807, 2.05) is 18.2 Å². The third-order valence-corrected chi connectivity index (χ3v) is 9.08. The van der Waals surface area contributed by atoms with Gasteiger partial charge in [0.15, 0.2) is 0 Å². The normalized spacial score (nSPS) is 14.2. The summed E-state index contributed by atoms with van der Waals surface area (Å²) in [6.45, 7) is 2.05. The van der Waals surface area contributed by atoms with E-state index in [-0.39, 0.29) is 12.5 Å². The van der Waals surface area contributed by atoms with Gasteiger partial charge < -0.3 is 15.8 Å². The molecule has 0 bridgehead atoms. The number of hydrogen-bond acceptors (Lipinski definition) is 7. The molecule has 0 unspecified atom stereocenters. The van der Waals surface area contributed by atoms with Gasteiger partial charge in [0.05, 0.1) is 12.3 Å². The number of nitrogens with zero attached hydrogens (tertiary/aromatic N) is 1. The predicted molar refractivity (Wildman–Crippen MR) is 142 cm³/mol. The molecule has 6 nitrogen and oxygen atoms in total. The summed E-state index contributed by atoms with van der Waals surface area (Å²) in [5, 5.41) is 4.36. The summed E-state index contributed by atoms with van der Waals surface area (Å²) in [7, 11) is 0. The quantitative estimate of drug-likeness (QED) is 0.333. The number of esters is 1. The van der Waals surface area contributed by atoms with Gasteiger partial charge in [-0.05, 0) is 68.2 Å². The summed E-state index contributed by atoms with van der Waals surface area (Å²) < 4.78 is 5.41. The number of amides is 1. The summed E-state index contributed by atoms with van der Waals surface area (Å²) >= 11 is 2.76. The van der Waals surface area contributed by atoms with Crippen LogP contribution in [0, 0.1) is 0 Å². The van der Waals surface area contributed by atoms with Crippen LogP contribution >= 0.6 is 22.7 Å². The Kier molecular flexibility index (Phi) is 5.57. The van der Waals surface area contributed by atoms with Crippen LogP contribution in [0.1, 0.15) is 61.5 Å². The van der Waals surface area contributed by atoms with Gasteiger partial charge in [0.25, 0.3) is 5.91 Å². The Morgan fingerprint density at radius 1 is 1.09 bits per heavy atom. The number of thiophene rings is 2. The number of rotatable bonds is 4. The van der Waals surface area contributed by atoms with Gasteiger partial charge in [0, 0.05) is 21.5 Å². The molecule has 1 aromatic carbocycles. The highest BCUT2D eigenvalue weighted by Crippen LogP contribution is 2.46. The molecule has 2 aliphatic carbocycles. The molecule has 6 rings (SSSR count). The Morgan fingerprint density at radius 3 is 2.77 bits per heavy atom. The van der Waals surface area contributed by atoms with Gasteiger partial charge in [-0.2, -0.15) is 0 Å². The van der Waals surface area contributed by atoms with Crippen LogP contribution in [0.15, 0.2) is 30.3 Å². The number of carbonyl (C=O) groups is 2. The molecule has 0 fully saturated rings. The van der Waals surface area contributed by atoms with E-state index in [1.54, 1.807) is 6.92 Å². The summed E-state index contributed by atoms with van der Waals surface area (Å²) in [4.78, 5) is 33.7. The molecule has 3 heterocycles. The fourth-order valence-electron chi connectivity index (χ4n) is 5.14. The van der Waals surface area contributed by atoms with Crippen molar-refractivity contribution in [2.75, 3.05) is 17.7 Å². The van der Waals surface area contributed by atoms with E-state index in [0.717, 1.165) is 70.4 Å². The second kappa shape index (κ2) is 8.77. The first-order valence-corrected chi connectivity index (χ1v) is 13.6. The average Bonchev–Trinajstić information content (AvgIpc) is 3.40. The third-order valence-electron chi connectivity index (χ3n) is 6.80. The largest absolute Gasteiger partial charge is 0.462 e. The Labute approximate surface area is 211 Å². The molecule has 2 aliphatic rings. The Morgan fingerprint density at radius 2 is 1.91 bits per heavy atom. The number of aromatic nitrogens is 1. The first-order chi connectivity index (χ1) is 17.0. The van der Waals surface area contributed by atoms with Crippen molar-refractivity contribution in [3.8, 4) is 11.1 Å². The molecule has 0 spiro atoms. The van der Waals surface area contributed by atoms with Crippen LogP contribution in [0.5, 0.6) is 0 Å². The minimum atomic E-state index is -0.421. The smallest absolute Gasteiger partial charge is 0.341 e. The number of nitrogen functional groups attached to an aromatic ring is 1. The highest BCUT2D eigenvalue weighted by atomic mass is 32.1. The fourth-order valence-corrected chi connectivity index (χ4v) is 7.33. The number of benzene rings is 1. The summed E-state index contributed by atoms with van der Waals surface area (Å²) in [6.07, 6.45) is 5.98. The minimum Gasteiger partial charge on any atom is -0.462 e. The second-order valence-corrected chi connectivity index (χ2v) is 11.0. The topological polar surface area (TPSA) is 94.3 Å². The zero-order valence-corrected chi connectivity index (χ0v) is 21.0. The lowest BCUT2D eigenvalue weighted by Crippen LogP contribution is -2.15. The van der Waals surface area contributed by atoms with Crippen molar-refractivity contribution in [3.63, 3.8) is 0 Å². The number of carbonyl (C=O) groups excluding carboxylic acids is 2. The third kappa shape index (κ3) is 3.72. The number of anilines is 2. The van der Waals surface area contributed by atoms with E-state index >= 15 is 0 Å². The first kappa shape index (κ1) is 22.2. The van der Waals surface area contributed by atoms with Crippen LogP contribution in [0.4, 0.5) is 10.7 Å². The van der Waals surface area contributed by atoms with Gasteiger partial charge in [-0.25, -0.2) is 9.78 Å².